The average molecular weight is 299 g/mol. The van der Waals surface area contributed by atoms with Crippen molar-refractivity contribution >= 4 is 5.82 Å². The van der Waals surface area contributed by atoms with Crippen molar-refractivity contribution in [2.75, 3.05) is 25.1 Å². The molecule has 1 aliphatic rings. The Bertz CT molecular complexity index is 690. The van der Waals surface area contributed by atoms with E-state index >= 15 is 0 Å². The van der Waals surface area contributed by atoms with E-state index in [9.17, 15) is 4.79 Å². The fraction of sp³-hybridized carbons (Fsp3) is 0.412. The van der Waals surface area contributed by atoms with Crippen molar-refractivity contribution in [2.45, 2.75) is 25.8 Å². The van der Waals surface area contributed by atoms with E-state index in [0.717, 1.165) is 30.2 Å². The summed E-state index contributed by atoms with van der Waals surface area (Å²) in [5.74, 6) is 1.68. The topological polar surface area (TPSA) is 47.4 Å². The summed E-state index contributed by atoms with van der Waals surface area (Å²) in [5, 5.41) is 4.54. The van der Waals surface area contributed by atoms with Gasteiger partial charge in [0, 0.05) is 19.2 Å². The van der Waals surface area contributed by atoms with Crippen molar-refractivity contribution in [2.24, 2.45) is 0 Å². The van der Waals surface area contributed by atoms with E-state index in [4.69, 9.17) is 4.74 Å². The second kappa shape index (κ2) is 6.64. The summed E-state index contributed by atoms with van der Waals surface area (Å²) in [6, 6.07) is 11.2. The van der Waals surface area contributed by atoms with Crippen LogP contribution in [-0.2, 0) is 6.54 Å². The lowest BCUT2D eigenvalue weighted by atomic mass is 10.1. The average Bonchev–Trinajstić information content (AvgIpc) is 2.58. The Morgan fingerprint density at radius 3 is 2.73 bits per heavy atom. The SMILES string of the molecule is COc1cccc(Cn2nc(N3CCCCC3)ccc2=O)c1. The highest BCUT2D eigenvalue weighted by Gasteiger charge is 2.13. The number of anilines is 1. The Hall–Kier alpha value is -2.30. The number of benzene rings is 1. The molecule has 0 bridgehead atoms. The van der Waals surface area contributed by atoms with Gasteiger partial charge in [0.1, 0.15) is 11.6 Å². The van der Waals surface area contributed by atoms with Crippen molar-refractivity contribution in [1.29, 1.82) is 0 Å². The van der Waals surface area contributed by atoms with Gasteiger partial charge < -0.3 is 9.64 Å². The van der Waals surface area contributed by atoms with Crippen LogP contribution in [0.4, 0.5) is 5.82 Å². The molecule has 22 heavy (non-hydrogen) atoms. The van der Waals surface area contributed by atoms with E-state index in [1.54, 1.807) is 13.2 Å². The molecule has 0 aliphatic carbocycles. The summed E-state index contributed by atoms with van der Waals surface area (Å²) >= 11 is 0. The van der Waals surface area contributed by atoms with Crippen LogP contribution in [0.3, 0.4) is 0 Å². The maximum Gasteiger partial charge on any atom is 0.267 e. The molecule has 0 radical (unpaired) electrons. The highest BCUT2D eigenvalue weighted by molar-refractivity contribution is 5.37. The number of piperidine rings is 1. The van der Waals surface area contributed by atoms with E-state index in [0.29, 0.717) is 6.54 Å². The zero-order chi connectivity index (χ0) is 15.4. The molecular weight excluding hydrogens is 278 g/mol. The molecule has 0 amide bonds. The molecule has 0 atom stereocenters. The number of hydrogen-bond donors (Lipinski definition) is 0. The van der Waals surface area contributed by atoms with Gasteiger partial charge in [0.05, 0.1) is 13.7 Å². The zero-order valence-corrected chi connectivity index (χ0v) is 12.9. The van der Waals surface area contributed by atoms with Crippen molar-refractivity contribution < 1.29 is 4.74 Å². The standard InChI is InChI=1S/C17H21N3O2/c1-22-15-7-5-6-14(12-15)13-20-17(21)9-8-16(18-20)19-10-3-2-4-11-19/h5-9,12H,2-4,10-11,13H2,1H3. The summed E-state index contributed by atoms with van der Waals surface area (Å²) in [4.78, 5) is 14.3. The first kappa shape index (κ1) is 14.6. The maximum absolute atomic E-state index is 12.1. The van der Waals surface area contributed by atoms with E-state index in [1.807, 2.05) is 30.3 Å². The third-order valence-electron chi connectivity index (χ3n) is 4.00. The Morgan fingerprint density at radius 2 is 1.95 bits per heavy atom. The molecule has 1 fully saturated rings. The molecule has 1 aliphatic heterocycles. The largest absolute Gasteiger partial charge is 0.497 e. The fourth-order valence-corrected chi connectivity index (χ4v) is 2.79. The van der Waals surface area contributed by atoms with Crippen LogP contribution in [0.2, 0.25) is 0 Å². The number of hydrogen-bond acceptors (Lipinski definition) is 4. The first-order valence-electron chi connectivity index (χ1n) is 7.72. The van der Waals surface area contributed by atoms with Crippen LogP contribution in [0.15, 0.2) is 41.2 Å². The van der Waals surface area contributed by atoms with Crippen molar-refractivity contribution in [3.8, 4) is 5.75 Å². The lowest BCUT2D eigenvalue weighted by Crippen LogP contribution is -2.33. The monoisotopic (exact) mass is 299 g/mol. The second-order valence-corrected chi connectivity index (χ2v) is 5.59. The normalized spacial score (nSPS) is 14.9. The molecule has 0 unspecified atom stereocenters. The van der Waals surface area contributed by atoms with E-state index in [2.05, 4.69) is 10.00 Å². The Labute approximate surface area is 130 Å². The number of ether oxygens (including phenoxy) is 1. The fourth-order valence-electron chi connectivity index (χ4n) is 2.79. The molecule has 1 aromatic carbocycles. The van der Waals surface area contributed by atoms with Crippen molar-refractivity contribution in [3.63, 3.8) is 0 Å². The quantitative estimate of drug-likeness (QED) is 0.869. The van der Waals surface area contributed by atoms with Gasteiger partial charge in [-0.3, -0.25) is 4.79 Å². The Morgan fingerprint density at radius 1 is 1.14 bits per heavy atom. The minimum atomic E-state index is -0.0800. The van der Waals surface area contributed by atoms with Crippen LogP contribution in [0.25, 0.3) is 0 Å². The Kier molecular flexibility index (Phi) is 4.42. The molecule has 3 rings (SSSR count). The molecule has 1 saturated heterocycles. The van der Waals surface area contributed by atoms with Gasteiger partial charge in [-0.05, 0) is 43.0 Å². The summed E-state index contributed by atoms with van der Waals surface area (Å²) < 4.78 is 6.75. The third-order valence-corrected chi connectivity index (χ3v) is 4.00. The van der Waals surface area contributed by atoms with Crippen LogP contribution < -0.4 is 15.2 Å². The summed E-state index contributed by atoms with van der Waals surface area (Å²) in [6.45, 7) is 2.49. The number of rotatable bonds is 4. The van der Waals surface area contributed by atoms with Crippen LogP contribution in [0.1, 0.15) is 24.8 Å². The molecular formula is C17H21N3O2. The first-order chi connectivity index (χ1) is 10.8. The summed E-state index contributed by atoms with van der Waals surface area (Å²) in [5.41, 5.74) is 0.924. The summed E-state index contributed by atoms with van der Waals surface area (Å²) in [7, 11) is 1.64. The van der Waals surface area contributed by atoms with Gasteiger partial charge in [-0.25, -0.2) is 4.68 Å². The van der Waals surface area contributed by atoms with Crippen molar-refractivity contribution in [3.05, 3.63) is 52.3 Å². The van der Waals surface area contributed by atoms with Gasteiger partial charge in [0.25, 0.3) is 5.56 Å². The van der Waals surface area contributed by atoms with E-state index in [1.165, 1.54) is 23.9 Å². The van der Waals surface area contributed by atoms with Crippen LogP contribution in [-0.4, -0.2) is 30.0 Å². The van der Waals surface area contributed by atoms with Crippen LogP contribution >= 0.6 is 0 Å². The smallest absolute Gasteiger partial charge is 0.267 e. The highest BCUT2D eigenvalue weighted by atomic mass is 16.5. The molecule has 116 valence electrons. The van der Waals surface area contributed by atoms with Gasteiger partial charge in [0.15, 0.2) is 0 Å². The lowest BCUT2D eigenvalue weighted by Gasteiger charge is -2.27. The zero-order valence-electron chi connectivity index (χ0n) is 12.9. The number of nitrogens with zero attached hydrogens (tertiary/aromatic N) is 3. The summed E-state index contributed by atoms with van der Waals surface area (Å²) in [6.07, 6.45) is 3.66. The van der Waals surface area contributed by atoms with Gasteiger partial charge in [-0.1, -0.05) is 12.1 Å². The molecule has 5 heteroatoms. The predicted molar refractivity (Wildman–Crippen MR) is 86.7 cm³/mol. The van der Waals surface area contributed by atoms with Gasteiger partial charge >= 0.3 is 0 Å². The minimum Gasteiger partial charge on any atom is -0.497 e. The Balaban J connectivity index is 1.84. The van der Waals surface area contributed by atoms with E-state index in [-0.39, 0.29) is 5.56 Å². The molecule has 1 aromatic heterocycles. The van der Waals surface area contributed by atoms with Crippen LogP contribution in [0, 0.1) is 0 Å². The predicted octanol–water partition coefficient (Wildman–Crippen LogP) is 2.29. The second-order valence-electron chi connectivity index (χ2n) is 5.59. The lowest BCUT2D eigenvalue weighted by molar-refractivity contribution is 0.414. The molecule has 2 aromatic rings. The van der Waals surface area contributed by atoms with E-state index < -0.39 is 0 Å². The third kappa shape index (κ3) is 3.30. The number of aromatic nitrogens is 2. The molecule has 5 nitrogen and oxygen atoms in total. The van der Waals surface area contributed by atoms with Crippen LogP contribution in [0.5, 0.6) is 5.75 Å². The van der Waals surface area contributed by atoms with Gasteiger partial charge in [-0.15, -0.1) is 0 Å². The minimum absolute atomic E-state index is 0.0800. The number of methoxy groups -OCH3 is 1. The highest BCUT2D eigenvalue weighted by Crippen LogP contribution is 2.17. The molecule has 0 saturated carbocycles. The molecule has 0 N–H and O–H groups in total. The molecule has 2 heterocycles. The van der Waals surface area contributed by atoms with Crippen molar-refractivity contribution in [1.82, 2.24) is 9.78 Å². The van der Waals surface area contributed by atoms with Gasteiger partial charge in [-0.2, -0.15) is 5.10 Å². The molecule has 0 spiro atoms. The first-order valence-corrected chi connectivity index (χ1v) is 7.72. The maximum atomic E-state index is 12.1. The van der Waals surface area contributed by atoms with Gasteiger partial charge in [0.2, 0.25) is 0 Å².